The highest BCUT2D eigenvalue weighted by atomic mass is 16.6. The fourth-order valence-corrected chi connectivity index (χ4v) is 2.60. The van der Waals surface area contributed by atoms with E-state index >= 15 is 0 Å². The van der Waals surface area contributed by atoms with Crippen molar-refractivity contribution in [2.24, 2.45) is 5.92 Å². The molecule has 2 heterocycles. The van der Waals surface area contributed by atoms with E-state index in [0.717, 1.165) is 6.42 Å². The van der Waals surface area contributed by atoms with Crippen LogP contribution in [0.5, 0.6) is 0 Å². The highest BCUT2D eigenvalue weighted by Crippen LogP contribution is 2.27. The first-order valence-electron chi connectivity index (χ1n) is 6.96. The van der Waals surface area contributed by atoms with E-state index in [0.29, 0.717) is 32.5 Å². The number of carbonyl (C=O) groups is 2. The van der Waals surface area contributed by atoms with E-state index in [4.69, 9.17) is 9.47 Å². The Morgan fingerprint density at radius 2 is 2.16 bits per heavy atom. The monoisotopic (exact) mass is 269 g/mol. The number of hydrogen-bond donors (Lipinski definition) is 0. The van der Waals surface area contributed by atoms with Crippen LogP contribution < -0.4 is 0 Å². The van der Waals surface area contributed by atoms with Gasteiger partial charge in [0.25, 0.3) is 0 Å². The highest BCUT2D eigenvalue weighted by Gasteiger charge is 2.36. The van der Waals surface area contributed by atoms with Crippen LogP contribution in [0.3, 0.4) is 0 Å². The molecule has 0 unspecified atom stereocenters. The third-order valence-electron chi connectivity index (χ3n) is 3.54. The average molecular weight is 269 g/mol. The minimum Gasteiger partial charge on any atom is -0.444 e. The van der Waals surface area contributed by atoms with E-state index in [1.54, 1.807) is 4.90 Å². The number of likely N-dealkylation sites (tertiary alicyclic amines) is 1. The van der Waals surface area contributed by atoms with Gasteiger partial charge in [-0.1, -0.05) is 0 Å². The summed E-state index contributed by atoms with van der Waals surface area (Å²) in [5.74, 6) is 0.531. The molecule has 2 aliphatic rings. The van der Waals surface area contributed by atoms with Crippen molar-refractivity contribution in [3.8, 4) is 0 Å². The van der Waals surface area contributed by atoms with Gasteiger partial charge in [-0.05, 0) is 27.2 Å². The van der Waals surface area contributed by atoms with Crippen LogP contribution in [0.4, 0.5) is 4.79 Å². The van der Waals surface area contributed by atoms with Crippen molar-refractivity contribution in [3.05, 3.63) is 0 Å². The van der Waals surface area contributed by atoms with Crippen LogP contribution in [0.25, 0.3) is 0 Å². The van der Waals surface area contributed by atoms with Crippen molar-refractivity contribution in [2.75, 3.05) is 19.7 Å². The number of carbonyl (C=O) groups excluding carboxylic acids is 2. The minimum atomic E-state index is -0.466. The van der Waals surface area contributed by atoms with Gasteiger partial charge in [-0.2, -0.15) is 0 Å². The molecule has 0 aromatic rings. The first-order chi connectivity index (χ1) is 8.85. The van der Waals surface area contributed by atoms with E-state index < -0.39 is 5.60 Å². The molecule has 0 bridgehead atoms. The average Bonchev–Trinajstić information content (AvgIpc) is 2.75. The predicted molar refractivity (Wildman–Crippen MR) is 69.9 cm³/mol. The summed E-state index contributed by atoms with van der Waals surface area (Å²) in [6.07, 6.45) is 1.62. The molecule has 2 fully saturated rings. The predicted octanol–water partition coefficient (Wildman–Crippen LogP) is 1.99. The first kappa shape index (κ1) is 14.3. The standard InChI is InChI=1S/C14H23NO4/c1-14(2,3)19-13(17)15-6-4-10(9-15)12-8-11(16)5-7-18-12/h10,12H,4-9H2,1-3H3/t10-,12+/m0/s1. The maximum absolute atomic E-state index is 11.9. The van der Waals surface area contributed by atoms with Gasteiger partial charge in [-0.15, -0.1) is 0 Å². The van der Waals surface area contributed by atoms with Crippen LogP contribution in [0.15, 0.2) is 0 Å². The largest absolute Gasteiger partial charge is 0.444 e. The molecule has 0 N–H and O–H groups in total. The quantitative estimate of drug-likeness (QED) is 0.730. The second-order valence-corrected chi connectivity index (χ2v) is 6.38. The molecule has 0 aromatic heterocycles. The lowest BCUT2D eigenvalue weighted by atomic mass is 9.94. The molecule has 5 nitrogen and oxygen atoms in total. The molecule has 2 aliphatic heterocycles. The van der Waals surface area contributed by atoms with E-state index in [1.165, 1.54) is 0 Å². The van der Waals surface area contributed by atoms with Crippen LogP contribution in [0.2, 0.25) is 0 Å². The Morgan fingerprint density at radius 3 is 2.79 bits per heavy atom. The third-order valence-corrected chi connectivity index (χ3v) is 3.54. The molecule has 2 saturated heterocycles. The lowest BCUT2D eigenvalue weighted by Crippen LogP contribution is -2.38. The van der Waals surface area contributed by atoms with Crippen LogP contribution in [-0.4, -0.2) is 48.2 Å². The summed E-state index contributed by atoms with van der Waals surface area (Å²) in [5, 5.41) is 0. The molecule has 0 aromatic carbocycles. The molecule has 0 aliphatic carbocycles. The van der Waals surface area contributed by atoms with Gasteiger partial charge in [0.2, 0.25) is 0 Å². The number of nitrogens with zero attached hydrogens (tertiary/aromatic N) is 1. The zero-order valence-electron chi connectivity index (χ0n) is 12.0. The number of amides is 1. The molecule has 0 radical (unpaired) electrons. The molecule has 0 saturated carbocycles. The molecule has 1 amide bonds. The van der Waals surface area contributed by atoms with Gasteiger partial charge in [-0.3, -0.25) is 4.79 Å². The molecule has 2 atom stereocenters. The Morgan fingerprint density at radius 1 is 1.42 bits per heavy atom. The van der Waals surface area contributed by atoms with Gasteiger partial charge in [0.15, 0.2) is 0 Å². The van der Waals surface area contributed by atoms with Crippen LogP contribution in [-0.2, 0) is 14.3 Å². The summed E-state index contributed by atoms with van der Waals surface area (Å²) in [5.41, 5.74) is -0.466. The fraction of sp³-hybridized carbons (Fsp3) is 0.857. The Hall–Kier alpha value is -1.10. The number of Topliss-reactive ketones (excluding diaryl/α,β-unsaturated/α-hetero) is 1. The second-order valence-electron chi connectivity index (χ2n) is 6.38. The van der Waals surface area contributed by atoms with E-state index in [-0.39, 0.29) is 23.9 Å². The van der Waals surface area contributed by atoms with Crippen molar-refractivity contribution >= 4 is 11.9 Å². The Labute approximate surface area is 114 Å². The molecule has 5 heteroatoms. The summed E-state index contributed by atoms with van der Waals surface area (Å²) >= 11 is 0. The Bertz CT molecular complexity index is 361. The van der Waals surface area contributed by atoms with Gasteiger partial charge in [0, 0.05) is 31.8 Å². The second kappa shape index (κ2) is 5.49. The zero-order chi connectivity index (χ0) is 14.0. The molecule has 108 valence electrons. The summed E-state index contributed by atoms with van der Waals surface area (Å²) in [6, 6.07) is 0. The van der Waals surface area contributed by atoms with Crippen molar-refractivity contribution in [3.63, 3.8) is 0 Å². The zero-order valence-corrected chi connectivity index (χ0v) is 12.0. The van der Waals surface area contributed by atoms with E-state index in [1.807, 2.05) is 20.8 Å². The van der Waals surface area contributed by atoms with E-state index in [2.05, 4.69) is 0 Å². The van der Waals surface area contributed by atoms with Crippen molar-refractivity contribution in [1.82, 2.24) is 4.90 Å². The number of hydrogen-bond acceptors (Lipinski definition) is 4. The first-order valence-corrected chi connectivity index (χ1v) is 6.96. The molecular formula is C14H23NO4. The third kappa shape index (κ3) is 3.93. The number of ketones is 1. The topological polar surface area (TPSA) is 55.8 Å². The van der Waals surface area contributed by atoms with Gasteiger partial charge in [0.1, 0.15) is 11.4 Å². The molecule has 0 spiro atoms. The maximum Gasteiger partial charge on any atom is 0.410 e. The summed E-state index contributed by atoms with van der Waals surface area (Å²) in [7, 11) is 0. The fourth-order valence-electron chi connectivity index (χ4n) is 2.60. The van der Waals surface area contributed by atoms with Crippen molar-refractivity contribution in [2.45, 2.75) is 51.7 Å². The lowest BCUT2D eigenvalue weighted by Gasteiger charge is -2.28. The van der Waals surface area contributed by atoms with E-state index in [9.17, 15) is 9.59 Å². The van der Waals surface area contributed by atoms with Crippen molar-refractivity contribution < 1.29 is 19.1 Å². The maximum atomic E-state index is 11.9. The SMILES string of the molecule is CC(C)(C)OC(=O)N1CC[C@H]([C@H]2CC(=O)CCO2)C1. The Kier molecular flexibility index (Phi) is 4.13. The molecule has 19 heavy (non-hydrogen) atoms. The molecular weight excluding hydrogens is 246 g/mol. The minimum absolute atomic E-state index is 0.0197. The van der Waals surface area contributed by atoms with Gasteiger partial charge in [-0.25, -0.2) is 4.79 Å². The number of rotatable bonds is 1. The van der Waals surface area contributed by atoms with Gasteiger partial charge in [0.05, 0.1) is 12.7 Å². The summed E-state index contributed by atoms with van der Waals surface area (Å²) < 4.78 is 11.0. The Balaban J connectivity index is 1.85. The highest BCUT2D eigenvalue weighted by molar-refractivity contribution is 5.79. The van der Waals surface area contributed by atoms with Gasteiger partial charge >= 0.3 is 6.09 Å². The number of ether oxygens (including phenoxy) is 2. The summed E-state index contributed by atoms with van der Waals surface area (Å²) in [4.78, 5) is 25.1. The lowest BCUT2D eigenvalue weighted by molar-refractivity contribution is -0.130. The van der Waals surface area contributed by atoms with Gasteiger partial charge < -0.3 is 14.4 Å². The van der Waals surface area contributed by atoms with Crippen LogP contribution in [0, 0.1) is 5.92 Å². The summed E-state index contributed by atoms with van der Waals surface area (Å²) in [6.45, 7) is 7.43. The smallest absolute Gasteiger partial charge is 0.410 e. The normalized spacial score (nSPS) is 28.6. The van der Waals surface area contributed by atoms with Crippen LogP contribution >= 0.6 is 0 Å². The van der Waals surface area contributed by atoms with Crippen molar-refractivity contribution in [1.29, 1.82) is 0 Å². The molecule has 2 rings (SSSR count). The van der Waals surface area contributed by atoms with Crippen LogP contribution in [0.1, 0.15) is 40.0 Å².